The number of carbonyl (C=O) groups excluding carboxylic acids is 1. The van der Waals surface area contributed by atoms with E-state index >= 15 is 0 Å². The van der Waals surface area contributed by atoms with Crippen LogP contribution >= 0.6 is 15.9 Å². The van der Waals surface area contributed by atoms with E-state index in [4.69, 9.17) is 0 Å². The van der Waals surface area contributed by atoms with E-state index in [0.717, 1.165) is 22.7 Å². The average molecular weight is 311 g/mol. The van der Waals surface area contributed by atoms with Crippen LogP contribution in [0.1, 0.15) is 21.5 Å². The fourth-order valence-electron chi connectivity index (χ4n) is 1.67. The van der Waals surface area contributed by atoms with Gasteiger partial charge in [-0.25, -0.2) is 8.78 Å². The van der Waals surface area contributed by atoms with E-state index in [9.17, 15) is 13.6 Å². The van der Waals surface area contributed by atoms with Gasteiger partial charge in [-0.3, -0.25) is 4.79 Å². The summed E-state index contributed by atoms with van der Waals surface area (Å²) in [6.45, 7) is 1.74. The number of carbonyl (C=O) groups is 1. The lowest BCUT2D eigenvalue weighted by Gasteiger charge is -2.07. The standard InChI is InChI=1S/C14H9BrF2O/c1-8-10(3-2-4-12(8)15)14(18)11-7-9(16)5-6-13(11)17/h2-7H,1H3. The number of halogens is 3. The molecule has 0 saturated heterocycles. The molecule has 2 rings (SSSR count). The maximum Gasteiger partial charge on any atom is 0.196 e. The Morgan fingerprint density at radius 3 is 2.56 bits per heavy atom. The molecule has 0 radical (unpaired) electrons. The van der Waals surface area contributed by atoms with Crippen molar-refractivity contribution < 1.29 is 13.6 Å². The maximum absolute atomic E-state index is 13.5. The molecule has 0 spiro atoms. The van der Waals surface area contributed by atoms with Crippen LogP contribution in [0.15, 0.2) is 40.9 Å². The van der Waals surface area contributed by atoms with Gasteiger partial charge in [-0.15, -0.1) is 0 Å². The predicted octanol–water partition coefficient (Wildman–Crippen LogP) is 4.27. The zero-order valence-corrected chi connectivity index (χ0v) is 11.1. The second-order valence-corrected chi connectivity index (χ2v) is 4.72. The molecule has 0 atom stereocenters. The molecule has 0 aliphatic rings. The monoisotopic (exact) mass is 310 g/mol. The van der Waals surface area contributed by atoms with Crippen molar-refractivity contribution >= 4 is 21.7 Å². The Bertz CT molecular complexity index is 619. The molecule has 0 aromatic heterocycles. The molecule has 0 N–H and O–H groups in total. The van der Waals surface area contributed by atoms with Crippen LogP contribution in [0.3, 0.4) is 0 Å². The van der Waals surface area contributed by atoms with Gasteiger partial charge in [0, 0.05) is 10.0 Å². The number of hydrogen-bond acceptors (Lipinski definition) is 1. The van der Waals surface area contributed by atoms with Crippen LogP contribution in [0.2, 0.25) is 0 Å². The van der Waals surface area contributed by atoms with E-state index in [2.05, 4.69) is 15.9 Å². The van der Waals surface area contributed by atoms with Gasteiger partial charge in [0.25, 0.3) is 0 Å². The van der Waals surface area contributed by atoms with Crippen molar-refractivity contribution in [2.45, 2.75) is 6.92 Å². The first-order valence-corrected chi connectivity index (χ1v) is 6.05. The highest BCUT2D eigenvalue weighted by atomic mass is 79.9. The first kappa shape index (κ1) is 12.9. The molecule has 1 nitrogen and oxygen atoms in total. The SMILES string of the molecule is Cc1c(Br)cccc1C(=O)c1cc(F)ccc1F. The fourth-order valence-corrected chi connectivity index (χ4v) is 2.04. The van der Waals surface area contributed by atoms with Crippen LogP contribution in [0, 0.1) is 18.6 Å². The average Bonchev–Trinajstić information content (AvgIpc) is 2.35. The highest BCUT2D eigenvalue weighted by molar-refractivity contribution is 9.10. The van der Waals surface area contributed by atoms with Crippen molar-refractivity contribution in [1.29, 1.82) is 0 Å². The van der Waals surface area contributed by atoms with E-state index < -0.39 is 17.4 Å². The first-order valence-electron chi connectivity index (χ1n) is 5.25. The van der Waals surface area contributed by atoms with E-state index in [0.29, 0.717) is 11.1 Å². The summed E-state index contributed by atoms with van der Waals surface area (Å²) in [5, 5.41) is 0. The Labute approximate surface area is 112 Å². The third-order valence-electron chi connectivity index (χ3n) is 2.69. The molecule has 0 aliphatic carbocycles. The minimum Gasteiger partial charge on any atom is -0.288 e. The van der Waals surface area contributed by atoms with Crippen LogP contribution in [0.25, 0.3) is 0 Å². The number of benzene rings is 2. The minimum atomic E-state index is -0.722. The number of rotatable bonds is 2. The van der Waals surface area contributed by atoms with E-state index in [1.807, 2.05) is 0 Å². The van der Waals surface area contributed by atoms with Crippen molar-refractivity contribution in [3.05, 3.63) is 69.2 Å². The third-order valence-corrected chi connectivity index (χ3v) is 3.54. The Morgan fingerprint density at radius 2 is 1.83 bits per heavy atom. The quantitative estimate of drug-likeness (QED) is 0.757. The molecule has 0 aliphatic heterocycles. The Balaban J connectivity index is 2.55. The lowest BCUT2D eigenvalue weighted by molar-refractivity contribution is 0.103. The van der Waals surface area contributed by atoms with Gasteiger partial charge in [0.05, 0.1) is 5.56 Å². The zero-order valence-electron chi connectivity index (χ0n) is 9.51. The van der Waals surface area contributed by atoms with Crippen LogP contribution < -0.4 is 0 Å². The largest absolute Gasteiger partial charge is 0.288 e. The molecule has 2 aromatic carbocycles. The summed E-state index contributed by atoms with van der Waals surface area (Å²) in [5.41, 5.74) is 0.802. The van der Waals surface area contributed by atoms with Crippen molar-refractivity contribution in [3.8, 4) is 0 Å². The molecule has 0 unspecified atom stereocenters. The van der Waals surface area contributed by atoms with Gasteiger partial charge in [-0.1, -0.05) is 28.1 Å². The van der Waals surface area contributed by atoms with Crippen molar-refractivity contribution in [2.75, 3.05) is 0 Å². The Morgan fingerprint density at radius 1 is 1.11 bits per heavy atom. The van der Waals surface area contributed by atoms with Crippen LogP contribution in [-0.2, 0) is 0 Å². The van der Waals surface area contributed by atoms with Gasteiger partial charge in [-0.2, -0.15) is 0 Å². The van der Waals surface area contributed by atoms with E-state index in [1.165, 1.54) is 0 Å². The van der Waals surface area contributed by atoms with Crippen molar-refractivity contribution in [2.24, 2.45) is 0 Å². The summed E-state index contributed by atoms with van der Waals surface area (Å²) in [6.07, 6.45) is 0. The molecule has 0 fully saturated rings. The number of hydrogen-bond donors (Lipinski definition) is 0. The van der Waals surface area contributed by atoms with Gasteiger partial charge < -0.3 is 0 Å². The van der Waals surface area contributed by atoms with Gasteiger partial charge in [0.1, 0.15) is 11.6 Å². The molecule has 0 heterocycles. The highest BCUT2D eigenvalue weighted by Gasteiger charge is 2.17. The van der Waals surface area contributed by atoms with Gasteiger partial charge >= 0.3 is 0 Å². The van der Waals surface area contributed by atoms with Gasteiger partial charge in [0.2, 0.25) is 0 Å². The normalized spacial score (nSPS) is 10.4. The first-order chi connectivity index (χ1) is 8.50. The maximum atomic E-state index is 13.5. The molecule has 0 bridgehead atoms. The summed E-state index contributed by atoms with van der Waals surface area (Å²) in [6, 6.07) is 7.91. The molecular weight excluding hydrogens is 302 g/mol. The summed E-state index contributed by atoms with van der Waals surface area (Å²) < 4.78 is 27.4. The summed E-state index contributed by atoms with van der Waals surface area (Å²) >= 11 is 3.30. The number of ketones is 1. The molecule has 0 amide bonds. The lowest BCUT2D eigenvalue weighted by Crippen LogP contribution is -2.07. The Hall–Kier alpha value is -1.55. The molecule has 18 heavy (non-hydrogen) atoms. The van der Waals surface area contributed by atoms with Crippen LogP contribution in [0.4, 0.5) is 8.78 Å². The second-order valence-electron chi connectivity index (χ2n) is 3.87. The van der Waals surface area contributed by atoms with Gasteiger partial charge in [-0.05, 0) is 36.8 Å². The lowest BCUT2D eigenvalue weighted by atomic mass is 9.99. The van der Waals surface area contributed by atoms with Crippen molar-refractivity contribution in [1.82, 2.24) is 0 Å². The second kappa shape index (κ2) is 4.98. The Kier molecular flexibility index (Phi) is 3.57. The minimum absolute atomic E-state index is 0.254. The smallest absolute Gasteiger partial charge is 0.196 e. The fraction of sp³-hybridized carbons (Fsp3) is 0.0714. The summed E-state index contributed by atoms with van der Waals surface area (Å²) in [4.78, 5) is 12.2. The summed E-state index contributed by atoms with van der Waals surface area (Å²) in [7, 11) is 0. The molecule has 92 valence electrons. The van der Waals surface area contributed by atoms with E-state index in [-0.39, 0.29) is 5.56 Å². The van der Waals surface area contributed by atoms with Crippen LogP contribution in [-0.4, -0.2) is 5.78 Å². The predicted molar refractivity (Wildman–Crippen MR) is 68.7 cm³/mol. The topological polar surface area (TPSA) is 17.1 Å². The van der Waals surface area contributed by atoms with E-state index in [1.54, 1.807) is 25.1 Å². The zero-order chi connectivity index (χ0) is 13.3. The molecule has 4 heteroatoms. The van der Waals surface area contributed by atoms with Crippen molar-refractivity contribution in [3.63, 3.8) is 0 Å². The molecule has 0 saturated carbocycles. The summed E-state index contributed by atoms with van der Waals surface area (Å²) in [5.74, 6) is -1.88. The molecule has 2 aromatic rings. The highest BCUT2D eigenvalue weighted by Crippen LogP contribution is 2.23. The van der Waals surface area contributed by atoms with Crippen LogP contribution in [0.5, 0.6) is 0 Å². The molecular formula is C14H9BrF2O. The van der Waals surface area contributed by atoms with Gasteiger partial charge in [0.15, 0.2) is 5.78 Å². The third kappa shape index (κ3) is 2.34.